The molecule has 3 aromatic carbocycles. The monoisotopic (exact) mass is 438 g/mol. The molecule has 1 aromatic heterocycles. The van der Waals surface area contributed by atoms with Crippen LogP contribution in [0.25, 0.3) is 22.4 Å². The molecule has 0 atom stereocenters. The van der Waals surface area contributed by atoms with E-state index in [1.807, 2.05) is 60.9 Å². The molecule has 1 amide bonds. The van der Waals surface area contributed by atoms with Gasteiger partial charge in [-0.2, -0.15) is 0 Å². The predicted octanol–water partition coefficient (Wildman–Crippen LogP) is 7.32. The van der Waals surface area contributed by atoms with E-state index in [0.717, 1.165) is 33.0 Å². The first kappa shape index (κ1) is 21.8. The molecule has 0 aliphatic heterocycles. The molecule has 1 N–H and O–H groups in total. The normalized spacial score (nSPS) is 10.8. The molecule has 0 unspecified atom stereocenters. The van der Waals surface area contributed by atoms with Crippen molar-refractivity contribution in [1.82, 2.24) is 4.98 Å². The van der Waals surface area contributed by atoms with Crippen LogP contribution < -0.4 is 5.32 Å². The Bertz CT molecular complexity index is 1260. The van der Waals surface area contributed by atoms with Crippen molar-refractivity contribution >= 4 is 23.4 Å². The average molecular weight is 439 g/mol. The van der Waals surface area contributed by atoms with Gasteiger partial charge in [-0.3, -0.25) is 9.78 Å². The van der Waals surface area contributed by atoms with Crippen LogP contribution in [0.15, 0.2) is 83.9 Å². The smallest absolute Gasteiger partial charge is 0.256 e. The van der Waals surface area contributed by atoms with Crippen molar-refractivity contribution in [2.75, 3.05) is 11.6 Å². The summed E-state index contributed by atoms with van der Waals surface area (Å²) in [4.78, 5) is 18.9. The van der Waals surface area contributed by atoms with Crippen LogP contribution in [0.4, 0.5) is 5.69 Å². The van der Waals surface area contributed by atoms with Crippen LogP contribution in [0.3, 0.4) is 0 Å². The number of aromatic nitrogens is 1. The molecule has 0 saturated heterocycles. The lowest BCUT2D eigenvalue weighted by atomic mass is 9.93. The van der Waals surface area contributed by atoms with E-state index in [2.05, 4.69) is 49.3 Å². The van der Waals surface area contributed by atoms with E-state index in [9.17, 15) is 4.79 Å². The molecule has 0 spiro atoms. The standard InChI is InChI=1S/C28H26N2OS/c1-18-14-22(15-19(2)20(18)3)26-17-24(32-4)11-12-25(26)28(31)30-23-9-7-8-21(16-23)27-10-5-6-13-29-27/h5-17H,1-4H3,(H,30,31). The molecular weight excluding hydrogens is 412 g/mol. The maximum absolute atomic E-state index is 13.4. The summed E-state index contributed by atoms with van der Waals surface area (Å²) in [6.07, 6.45) is 3.82. The zero-order chi connectivity index (χ0) is 22.7. The summed E-state index contributed by atoms with van der Waals surface area (Å²) in [5, 5.41) is 3.08. The van der Waals surface area contributed by atoms with Crippen LogP contribution >= 0.6 is 11.8 Å². The summed E-state index contributed by atoms with van der Waals surface area (Å²) in [5.74, 6) is -0.123. The van der Waals surface area contributed by atoms with Gasteiger partial charge in [-0.1, -0.05) is 30.3 Å². The number of hydrogen-bond acceptors (Lipinski definition) is 3. The molecule has 4 rings (SSSR count). The fourth-order valence-corrected chi connectivity index (χ4v) is 4.21. The minimum absolute atomic E-state index is 0.123. The first-order valence-corrected chi connectivity index (χ1v) is 11.8. The molecule has 0 fully saturated rings. The average Bonchev–Trinajstić information content (AvgIpc) is 2.82. The number of anilines is 1. The highest BCUT2D eigenvalue weighted by Gasteiger charge is 2.16. The van der Waals surface area contributed by atoms with Gasteiger partial charge >= 0.3 is 0 Å². The summed E-state index contributed by atoms with van der Waals surface area (Å²) < 4.78 is 0. The van der Waals surface area contributed by atoms with Gasteiger partial charge < -0.3 is 5.32 Å². The number of aryl methyl sites for hydroxylation is 2. The van der Waals surface area contributed by atoms with Crippen molar-refractivity contribution in [2.24, 2.45) is 0 Å². The van der Waals surface area contributed by atoms with Crippen LogP contribution in [0.2, 0.25) is 0 Å². The van der Waals surface area contributed by atoms with Gasteiger partial charge in [-0.05, 0) is 97.3 Å². The molecule has 4 heteroatoms. The lowest BCUT2D eigenvalue weighted by molar-refractivity contribution is 0.102. The number of benzene rings is 3. The van der Waals surface area contributed by atoms with Crippen LogP contribution in [0.1, 0.15) is 27.0 Å². The minimum atomic E-state index is -0.123. The summed E-state index contributed by atoms with van der Waals surface area (Å²) in [7, 11) is 0. The molecule has 0 bridgehead atoms. The molecule has 32 heavy (non-hydrogen) atoms. The largest absolute Gasteiger partial charge is 0.322 e. The number of pyridine rings is 1. The minimum Gasteiger partial charge on any atom is -0.322 e. The van der Waals surface area contributed by atoms with E-state index >= 15 is 0 Å². The molecule has 0 aliphatic rings. The van der Waals surface area contributed by atoms with Gasteiger partial charge in [-0.15, -0.1) is 11.8 Å². The second-order valence-corrected chi connectivity index (χ2v) is 8.78. The van der Waals surface area contributed by atoms with Crippen molar-refractivity contribution < 1.29 is 4.79 Å². The first-order chi connectivity index (χ1) is 15.5. The highest BCUT2D eigenvalue weighted by atomic mass is 32.2. The number of carbonyl (C=O) groups excluding carboxylic acids is 1. The van der Waals surface area contributed by atoms with E-state index in [4.69, 9.17) is 0 Å². The molecule has 0 aliphatic carbocycles. The van der Waals surface area contributed by atoms with Crippen molar-refractivity contribution in [3.05, 3.63) is 101 Å². The highest BCUT2D eigenvalue weighted by Crippen LogP contribution is 2.32. The fraction of sp³-hybridized carbons (Fsp3) is 0.143. The second kappa shape index (κ2) is 9.41. The molecule has 1 heterocycles. The maximum Gasteiger partial charge on any atom is 0.256 e. The maximum atomic E-state index is 13.4. The van der Waals surface area contributed by atoms with Gasteiger partial charge in [0, 0.05) is 27.9 Å². The van der Waals surface area contributed by atoms with Crippen molar-refractivity contribution in [3.8, 4) is 22.4 Å². The van der Waals surface area contributed by atoms with Crippen LogP contribution in [0.5, 0.6) is 0 Å². The van der Waals surface area contributed by atoms with Crippen molar-refractivity contribution in [1.29, 1.82) is 0 Å². The number of nitrogens with one attached hydrogen (secondary N) is 1. The third kappa shape index (κ3) is 4.61. The van der Waals surface area contributed by atoms with Crippen molar-refractivity contribution in [3.63, 3.8) is 0 Å². The van der Waals surface area contributed by atoms with Gasteiger partial charge in [0.15, 0.2) is 0 Å². The van der Waals surface area contributed by atoms with Gasteiger partial charge in [0.2, 0.25) is 0 Å². The number of thioether (sulfide) groups is 1. The quantitative estimate of drug-likeness (QED) is 0.332. The lowest BCUT2D eigenvalue weighted by Crippen LogP contribution is -2.13. The van der Waals surface area contributed by atoms with Gasteiger partial charge in [-0.25, -0.2) is 0 Å². The van der Waals surface area contributed by atoms with Crippen LogP contribution in [-0.2, 0) is 0 Å². The molecule has 0 radical (unpaired) electrons. The van der Waals surface area contributed by atoms with E-state index in [1.54, 1.807) is 18.0 Å². The number of hydrogen-bond donors (Lipinski definition) is 1. The molecule has 4 aromatic rings. The number of carbonyl (C=O) groups is 1. The van der Waals surface area contributed by atoms with Gasteiger partial charge in [0.25, 0.3) is 5.91 Å². The second-order valence-electron chi connectivity index (χ2n) is 7.90. The van der Waals surface area contributed by atoms with Crippen LogP contribution in [-0.4, -0.2) is 17.1 Å². The Morgan fingerprint density at radius 2 is 1.62 bits per heavy atom. The Kier molecular flexibility index (Phi) is 6.42. The van der Waals surface area contributed by atoms with Crippen LogP contribution in [0, 0.1) is 20.8 Å². The Morgan fingerprint density at radius 1 is 0.844 bits per heavy atom. The SMILES string of the molecule is CSc1ccc(C(=O)Nc2cccc(-c3ccccn3)c2)c(-c2cc(C)c(C)c(C)c2)c1. The van der Waals surface area contributed by atoms with E-state index < -0.39 is 0 Å². The Balaban J connectivity index is 1.71. The number of amides is 1. The zero-order valence-corrected chi connectivity index (χ0v) is 19.6. The third-order valence-electron chi connectivity index (χ3n) is 5.79. The van der Waals surface area contributed by atoms with Crippen molar-refractivity contribution in [2.45, 2.75) is 25.7 Å². The van der Waals surface area contributed by atoms with E-state index in [0.29, 0.717) is 5.56 Å². The Morgan fingerprint density at radius 3 is 2.31 bits per heavy atom. The summed E-state index contributed by atoms with van der Waals surface area (Å²) >= 11 is 1.67. The first-order valence-electron chi connectivity index (χ1n) is 10.6. The molecule has 3 nitrogen and oxygen atoms in total. The summed E-state index contributed by atoms with van der Waals surface area (Å²) in [6, 6.07) is 24.0. The highest BCUT2D eigenvalue weighted by molar-refractivity contribution is 7.98. The predicted molar refractivity (Wildman–Crippen MR) is 135 cm³/mol. The Labute approximate surface area is 193 Å². The number of nitrogens with zero attached hydrogens (tertiary/aromatic N) is 1. The summed E-state index contributed by atoms with van der Waals surface area (Å²) in [5.41, 5.74) is 8.99. The Hall–Kier alpha value is -3.37. The third-order valence-corrected chi connectivity index (χ3v) is 6.52. The zero-order valence-electron chi connectivity index (χ0n) is 18.8. The summed E-state index contributed by atoms with van der Waals surface area (Å²) in [6.45, 7) is 6.37. The molecular formula is C28H26N2OS. The number of rotatable bonds is 5. The van der Waals surface area contributed by atoms with E-state index in [-0.39, 0.29) is 5.91 Å². The fourth-order valence-electron chi connectivity index (χ4n) is 3.77. The lowest BCUT2D eigenvalue weighted by Gasteiger charge is -2.15. The topological polar surface area (TPSA) is 42.0 Å². The molecule has 0 saturated carbocycles. The van der Waals surface area contributed by atoms with Gasteiger partial charge in [0.1, 0.15) is 0 Å². The van der Waals surface area contributed by atoms with E-state index in [1.165, 1.54) is 16.7 Å². The van der Waals surface area contributed by atoms with Gasteiger partial charge in [0.05, 0.1) is 5.69 Å². The molecule has 160 valence electrons.